The van der Waals surface area contributed by atoms with E-state index in [0.29, 0.717) is 24.3 Å². The van der Waals surface area contributed by atoms with Gasteiger partial charge in [-0.2, -0.15) is 5.10 Å². The van der Waals surface area contributed by atoms with Gasteiger partial charge in [0.2, 0.25) is 5.91 Å². The topological polar surface area (TPSA) is 71.9 Å². The molecule has 0 aliphatic carbocycles. The molecule has 24 heavy (non-hydrogen) atoms. The SMILES string of the molecule is CCc1n[nH]c(=S)n1CCNC(=O)Cc1ccccc1OC(C)C. The van der Waals surface area contributed by atoms with Gasteiger partial charge in [0.25, 0.3) is 0 Å². The number of hydrogen-bond acceptors (Lipinski definition) is 4. The van der Waals surface area contributed by atoms with Crippen molar-refractivity contribution < 1.29 is 9.53 Å². The molecule has 6 nitrogen and oxygen atoms in total. The summed E-state index contributed by atoms with van der Waals surface area (Å²) in [5.74, 6) is 1.61. The highest BCUT2D eigenvalue weighted by Crippen LogP contribution is 2.19. The van der Waals surface area contributed by atoms with Crippen LogP contribution in [0.3, 0.4) is 0 Å². The molecule has 0 unspecified atom stereocenters. The van der Waals surface area contributed by atoms with Crippen LogP contribution < -0.4 is 10.1 Å². The van der Waals surface area contributed by atoms with E-state index in [9.17, 15) is 4.79 Å². The van der Waals surface area contributed by atoms with Crippen molar-refractivity contribution in [1.82, 2.24) is 20.1 Å². The quantitative estimate of drug-likeness (QED) is 0.720. The number of carbonyl (C=O) groups is 1. The lowest BCUT2D eigenvalue weighted by Gasteiger charge is -2.14. The molecule has 7 heteroatoms. The lowest BCUT2D eigenvalue weighted by Crippen LogP contribution is -2.29. The van der Waals surface area contributed by atoms with Gasteiger partial charge in [-0.25, -0.2) is 0 Å². The molecule has 0 spiro atoms. The van der Waals surface area contributed by atoms with Crippen LogP contribution >= 0.6 is 12.2 Å². The molecule has 1 heterocycles. The fourth-order valence-corrected chi connectivity index (χ4v) is 2.65. The Morgan fingerprint density at radius 2 is 2.17 bits per heavy atom. The number of amides is 1. The first kappa shape index (κ1) is 18.2. The highest BCUT2D eigenvalue weighted by Gasteiger charge is 2.10. The van der Waals surface area contributed by atoms with Gasteiger partial charge in [-0.05, 0) is 32.1 Å². The maximum Gasteiger partial charge on any atom is 0.224 e. The average Bonchev–Trinajstić information content (AvgIpc) is 2.89. The average molecular weight is 348 g/mol. The molecule has 2 rings (SSSR count). The van der Waals surface area contributed by atoms with Gasteiger partial charge >= 0.3 is 0 Å². The number of aryl methyl sites for hydroxylation is 1. The Kier molecular flexibility index (Phi) is 6.54. The molecule has 0 aliphatic heterocycles. The first-order valence-electron chi connectivity index (χ1n) is 8.16. The summed E-state index contributed by atoms with van der Waals surface area (Å²) in [5.41, 5.74) is 0.887. The number of aromatic amines is 1. The largest absolute Gasteiger partial charge is 0.491 e. The van der Waals surface area contributed by atoms with Crippen LogP contribution in [0.1, 0.15) is 32.2 Å². The Hall–Kier alpha value is -2.15. The van der Waals surface area contributed by atoms with Crippen molar-refractivity contribution in [2.75, 3.05) is 6.54 Å². The summed E-state index contributed by atoms with van der Waals surface area (Å²) >= 11 is 5.20. The van der Waals surface area contributed by atoms with Gasteiger partial charge in [-0.15, -0.1) is 0 Å². The minimum Gasteiger partial charge on any atom is -0.491 e. The van der Waals surface area contributed by atoms with E-state index in [1.54, 1.807) is 0 Å². The Morgan fingerprint density at radius 1 is 1.42 bits per heavy atom. The van der Waals surface area contributed by atoms with Crippen LogP contribution in [0.15, 0.2) is 24.3 Å². The molecule has 1 aromatic carbocycles. The summed E-state index contributed by atoms with van der Waals surface area (Å²) < 4.78 is 8.23. The fraction of sp³-hybridized carbons (Fsp3) is 0.471. The van der Waals surface area contributed by atoms with Gasteiger partial charge in [0.05, 0.1) is 12.5 Å². The summed E-state index contributed by atoms with van der Waals surface area (Å²) in [6.07, 6.45) is 1.16. The first-order chi connectivity index (χ1) is 11.5. The molecule has 1 amide bonds. The van der Waals surface area contributed by atoms with Crippen LogP contribution in [-0.4, -0.2) is 33.3 Å². The lowest BCUT2D eigenvalue weighted by atomic mass is 10.1. The van der Waals surface area contributed by atoms with Gasteiger partial charge in [0.15, 0.2) is 4.77 Å². The zero-order valence-electron chi connectivity index (χ0n) is 14.3. The van der Waals surface area contributed by atoms with Crippen LogP contribution in [-0.2, 0) is 24.2 Å². The number of H-pyrrole nitrogens is 1. The minimum atomic E-state index is -0.0390. The lowest BCUT2D eigenvalue weighted by molar-refractivity contribution is -0.120. The number of para-hydroxylation sites is 1. The highest BCUT2D eigenvalue weighted by atomic mass is 32.1. The second kappa shape index (κ2) is 8.63. The molecule has 0 aliphatic rings. The molecule has 2 N–H and O–H groups in total. The van der Waals surface area contributed by atoms with E-state index in [2.05, 4.69) is 15.5 Å². The van der Waals surface area contributed by atoms with Crippen molar-refractivity contribution >= 4 is 18.1 Å². The highest BCUT2D eigenvalue weighted by molar-refractivity contribution is 7.71. The Labute approximate surface area is 147 Å². The van der Waals surface area contributed by atoms with E-state index in [-0.39, 0.29) is 12.0 Å². The van der Waals surface area contributed by atoms with Crippen molar-refractivity contribution in [2.24, 2.45) is 0 Å². The van der Waals surface area contributed by atoms with Gasteiger partial charge in [0, 0.05) is 25.1 Å². The Morgan fingerprint density at radius 3 is 2.88 bits per heavy atom. The summed E-state index contributed by atoms with van der Waals surface area (Å²) in [6.45, 7) is 7.07. The predicted octanol–water partition coefficient (Wildman–Crippen LogP) is 2.65. The van der Waals surface area contributed by atoms with Gasteiger partial charge in [-0.3, -0.25) is 9.89 Å². The summed E-state index contributed by atoms with van der Waals surface area (Å²) in [7, 11) is 0. The van der Waals surface area contributed by atoms with Crippen LogP contribution in [0.4, 0.5) is 0 Å². The van der Waals surface area contributed by atoms with Crippen molar-refractivity contribution in [3.05, 3.63) is 40.4 Å². The number of carbonyl (C=O) groups excluding carboxylic acids is 1. The third-order valence-electron chi connectivity index (χ3n) is 3.50. The van der Waals surface area contributed by atoms with E-state index in [4.69, 9.17) is 17.0 Å². The minimum absolute atomic E-state index is 0.0390. The maximum absolute atomic E-state index is 12.2. The van der Waals surface area contributed by atoms with E-state index in [1.165, 1.54) is 0 Å². The van der Waals surface area contributed by atoms with Crippen LogP contribution in [0.5, 0.6) is 5.75 Å². The van der Waals surface area contributed by atoms with Crippen LogP contribution in [0, 0.1) is 4.77 Å². The Balaban J connectivity index is 1.90. The van der Waals surface area contributed by atoms with Crippen molar-refractivity contribution in [3.8, 4) is 5.75 Å². The number of rotatable bonds is 8. The van der Waals surface area contributed by atoms with E-state index >= 15 is 0 Å². The molecule has 0 fully saturated rings. The van der Waals surface area contributed by atoms with Gasteiger partial charge in [0.1, 0.15) is 11.6 Å². The first-order valence-corrected chi connectivity index (χ1v) is 8.57. The number of nitrogens with zero attached hydrogens (tertiary/aromatic N) is 2. The molecule has 130 valence electrons. The normalized spacial score (nSPS) is 10.8. The summed E-state index contributed by atoms with van der Waals surface area (Å²) in [6, 6.07) is 7.62. The molecule has 0 bridgehead atoms. The summed E-state index contributed by atoms with van der Waals surface area (Å²) in [5, 5.41) is 9.86. The molecule has 0 saturated carbocycles. The zero-order valence-corrected chi connectivity index (χ0v) is 15.2. The van der Waals surface area contributed by atoms with Gasteiger partial charge < -0.3 is 14.6 Å². The number of ether oxygens (including phenoxy) is 1. The molecule has 0 saturated heterocycles. The third-order valence-corrected chi connectivity index (χ3v) is 3.81. The van der Waals surface area contributed by atoms with E-state index in [0.717, 1.165) is 23.6 Å². The molecular formula is C17H24N4O2S. The van der Waals surface area contributed by atoms with E-state index in [1.807, 2.05) is 49.6 Å². The van der Waals surface area contributed by atoms with Crippen LogP contribution in [0.25, 0.3) is 0 Å². The fourth-order valence-electron chi connectivity index (χ4n) is 2.41. The third kappa shape index (κ3) is 4.92. The summed E-state index contributed by atoms with van der Waals surface area (Å²) in [4.78, 5) is 12.2. The molecule has 1 aromatic heterocycles. The predicted molar refractivity (Wildman–Crippen MR) is 95.7 cm³/mol. The second-order valence-electron chi connectivity index (χ2n) is 5.75. The van der Waals surface area contributed by atoms with Crippen LogP contribution in [0.2, 0.25) is 0 Å². The Bertz CT molecular complexity index is 736. The molecule has 0 atom stereocenters. The van der Waals surface area contributed by atoms with Crippen molar-refractivity contribution in [3.63, 3.8) is 0 Å². The van der Waals surface area contributed by atoms with Crippen molar-refractivity contribution in [2.45, 2.75) is 46.3 Å². The zero-order chi connectivity index (χ0) is 17.5. The second-order valence-corrected chi connectivity index (χ2v) is 6.14. The molecule has 2 aromatic rings. The number of nitrogens with one attached hydrogen (secondary N) is 2. The van der Waals surface area contributed by atoms with Crippen molar-refractivity contribution in [1.29, 1.82) is 0 Å². The molecule has 0 radical (unpaired) electrons. The smallest absolute Gasteiger partial charge is 0.224 e. The number of hydrogen-bond donors (Lipinski definition) is 2. The standard InChI is InChI=1S/C17H24N4O2S/c1-4-15-19-20-17(24)21(15)10-9-18-16(22)11-13-7-5-6-8-14(13)23-12(2)3/h5-8,12H,4,9-11H2,1-3H3,(H,18,22)(H,20,24). The monoisotopic (exact) mass is 348 g/mol. The van der Waals surface area contributed by atoms with Gasteiger partial charge in [-0.1, -0.05) is 25.1 Å². The molecular weight excluding hydrogens is 324 g/mol. The maximum atomic E-state index is 12.2. The number of aromatic nitrogens is 3. The van der Waals surface area contributed by atoms with E-state index < -0.39 is 0 Å². The number of benzene rings is 1.